The van der Waals surface area contributed by atoms with Gasteiger partial charge < -0.3 is 14.7 Å². The summed E-state index contributed by atoms with van der Waals surface area (Å²) >= 11 is 0. The van der Waals surface area contributed by atoms with Crippen LogP contribution >= 0.6 is 0 Å². The lowest BCUT2D eigenvalue weighted by atomic mass is 10.1. The third-order valence-electron chi connectivity index (χ3n) is 4.72. The summed E-state index contributed by atoms with van der Waals surface area (Å²) in [4.78, 5) is 30.2. The average molecular weight is 375 g/mol. The molecule has 144 valence electrons. The molecule has 0 aromatic heterocycles. The minimum Gasteiger partial charge on any atom is -0.341 e. The number of likely N-dealkylation sites (N-methyl/N-ethyl adjacent to an activating group) is 1. The van der Waals surface area contributed by atoms with Crippen molar-refractivity contribution >= 4 is 22.0 Å². The van der Waals surface area contributed by atoms with E-state index in [-0.39, 0.29) is 37.2 Å². The number of carbonyl (C=O) groups excluding carboxylic acids is 2. The molecule has 10 heteroatoms. The molecular weight excluding hydrogens is 346 g/mol. The van der Waals surface area contributed by atoms with Crippen molar-refractivity contribution in [3.05, 3.63) is 0 Å². The predicted octanol–water partition coefficient (Wildman–Crippen LogP) is -1.65. The second kappa shape index (κ2) is 7.98. The fourth-order valence-corrected chi connectivity index (χ4v) is 4.19. The molecule has 0 aliphatic carbocycles. The monoisotopic (exact) mass is 375 g/mol. The third kappa shape index (κ3) is 4.69. The van der Waals surface area contributed by atoms with Crippen LogP contribution in [-0.2, 0) is 19.8 Å². The van der Waals surface area contributed by atoms with Gasteiger partial charge in [0.15, 0.2) is 0 Å². The molecule has 2 saturated heterocycles. The zero-order chi connectivity index (χ0) is 18.8. The maximum absolute atomic E-state index is 12.7. The van der Waals surface area contributed by atoms with Crippen molar-refractivity contribution in [1.29, 1.82) is 0 Å². The van der Waals surface area contributed by atoms with Crippen LogP contribution in [0.5, 0.6) is 0 Å². The summed E-state index contributed by atoms with van der Waals surface area (Å²) in [5, 5.41) is 0. The largest absolute Gasteiger partial charge is 0.341 e. The Balaban J connectivity index is 1.88. The second-order valence-electron chi connectivity index (χ2n) is 7.06. The van der Waals surface area contributed by atoms with Gasteiger partial charge in [-0.2, -0.15) is 17.0 Å². The van der Waals surface area contributed by atoms with Gasteiger partial charge >= 0.3 is 0 Å². The summed E-state index contributed by atoms with van der Waals surface area (Å²) in [6.45, 7) is 3.18. The zero-order valence-corrected chi connectivity index (χ0v) is 16.3. The Hall–Kier alpha value is -1.23. The quantitative estimate of drug-likeness (QED) is 0.555. The number of carbonyl (C=O) groups is 2. The minimum absolute atomic E-state index is 0.0222. The summed E-state index contributed by atoms with van der Waals surface area (Å²) in [5.74, 6) is -0.330. The highest BCUT2D eigenvalue weighted by atomic mass is 32.2. The number of hydrogen-bond donors (Lipinski definition) is 0. The number of piperazine rings is 1. The SMILES string of the molecule is CN(C)CCN1C[C@@H](C(=O)N2CCN(S(=O)(=O)N(C)C)CC2)CC1=O. The normalized spacial score (nSPS) is 23.1. The van der Waals surface area contributed by atoms with Crippen LogP contribution in [0.4, 0.5) is 0 Å². The number of hydrogen-bond acceptors (Lipinski definition) is 5. The Kier molecular flexibility index (Phi) is 6.41. The Labute approximate surface area is 150 Å². The van der Waals surface area contributed by atoms with Gasteiger partial charge in [0.25, 0.3) is 10.2 Å². The van der Waals surface area contributed by atoms with E-state index in [4.69, 9.17) is 0 Å². The van der Waals surface area contributed by atoms with E-state index < -0.39 is 10.2 Å². The maximum Gasteiger partial charge on any atom is 0.281 e. The fraction of sp³-hybridized carbons (Fsp3) is 0.867. The van der Waals surface area contributed by atoms with Crippen LogP contribution in [0.3, 0.4) is 0 Å². The van der Waals surface area contributed by atoms with Crippen molar-refractivity contribution < 1.29 is 18.0 Å². The standard InChI is InChI=1S/C15H29N5O4S/c1-16(2)5-6-19-12-13(11-14(19)21)15(22)18-7-9-20(10-8-18)25(23,24)17(3)4/h13H,5-12H2,1-4H3/t13-/m0/s1. The molecule has 2 heterocycles. The van der Waals surface area contributed by atoms with Gasteiger partial charge in [-0.25, -0.2) is 0 Å². The van der Waals surface area contributed by atoms with Crippen molar-refractivity contribution in [2.75, 3.05) is 74.0 Å². The molecule has 2 aliphatic heterocycles. The molecule has 0 radical (unpaired) electrons. The van der Waals surface area contributed by atoms with Gasteiger partial charge in [-0.3, -0.25) is 9.59 Å². The summed E-state index contributed by atoms with van der Waals surface area (Å²) in [6, 6.07) is 0. The fourth-order valence-electron chi connectivity index (χ4n) is 3.10. The number of amides is 2. The van der Waals surface area contributed by atoms with Crippen LogP contribution in [0.2, 0.25) is 0 Å². The number of likely N-dealkylation sites (tertiary alicyclic amines) is 1. The molecule has 9 nitrogen and oxygen atoms in total. The van der Waals surface area contributed by atoms with Crippen LogP contribution in [0.15, 0.2) is 0 Å². The van der Waals surface area contributed by atoms with Crippen molar-refractivity contribution in [1.82, 2.24) is 23.3 Å². The van der Waals surface area contributed by atoms with Crippen LogP contribution in [0, 0.1) is 5.92 Å². The van der Waals surface area contributed by atoms with Crippen molar-refractivity contribution in [3.8, 4) is 0 Å². The Bertz CT molecular complexity index is 599. The van der Waals surface area contributed by atoms with Gasteiger partial charge in [-0.1, -0.05) is 0 Å². The maximum atomic E-state index is 12.7. The topological polar surface area (TPSA) is 84.5 Å². The molecule has 0 bridgehead atoms. The van der Waals surface area contributed by atoms with E-state index in [2.05, 4.69) is 0 Å². The summed E-state index contributed by atoms with van der Waals surface area (Å²) < 4.78 is 26.8. The van der Waals surface area contributed by atoms with Crippen LogP contribution in [0.1, 0.15) is 6.42 Å². The van der Waals surface area contributed by atoms with E-state index in [1.54, 1.807) is 9.80 Å². The van der Waals surface area contributed by atoms with E-state index in [1.807, 2.05) is 19.0 Å². The number of rotatable bonds is 6. The summed E-state index contributed by atoms with van der Waals surface area (Å²) in [6.07, 6.45) is 0.252. The highest BCUT2D eigenvalue weighted by molar-refractivity contribution is 7.86. The van der Waals surface area contributed by atoms with Gasteiger partial charge in [-0.15, -0.1) is 0 Å². The minimum atomic E-state index is -3.44. The van der Waals surface area contributed by atoms with Crippen LogP contribution in [0.25, 0.3) is 0 Å². The molecule has 0 saturated carbocycles. The third-order valence-corrected chi connectivity index (χ3v) is 6.66. The van der Waals surface area contributed by atoms with Gasteiger partial charge in [0.05, 0.1) is 5.92 Å². The van der Waals surface area contributed by atoms with Crippen molar-refractivity contribution in [2.45, 2.75) is 6.42 Å². The smallest absolute Gasteiger partial charge is 0.281 e. The predicted molar refractivity (Wildman–Crippen MR) is 94.0 cm³/mol. The van der Waals surface area contributed by atoms with E-state index in [0.29, 0.717) is 26.2 Å². The molecule has 2 fully saturated rings. The Morgan fingerprint density at radius 1 is 1.12 bits per heavy atom. The molecule has 2 aliphatic rings. The van der Waals surface area contributed by atoms with E-state index in [1.165, 1.54) is 22.7 Å². The molecular formula is C15H29N5O4S. The lowest BCUT2D eigenvalue weighted by Crippen LogP contribution is -2.54. The molecule has 0 unspecified atom stereocenters. The highest BCUT2D eigenvalue weighted by Gasteiger charge is 2.38. The van der Waals surface area contributed by atoms with Crippen molar-refractivity contribution in [2.24, 2.45) is 5.92 Å². The lowest BCUT2D eigenvalue weighted by Gasteiger charge is -2.36. The molecule has 2 amide bonds. The van der Waals surface area contributed by atoms with E-state index in [0.717, 1.165) is 6.54 Å². The number of nitrogens with zero attached hydrogens (tertiary/aromatic N) is 5. The highest BCUT2D eigenvalue weighted by Crippen LogP contribution is 2.21. The molecule has 0 N–H and O–H groups in total. The molecule has 0 aromatic carbocycles. The molecule has 2 rings (SSSR count). The first kappa shape index (κ1) is 20.1. The molecule has 1 atom stereocenters. The van der Waals surface area contributed by atoms with Gasteiger partial charge in [0, 0.05) is 66.3 Å². The summed E-state index contributed by atoms with van der Waals surface area (Å²) in [5.41, 5.74) is 0. The second-order valence-corrected chi connectivity index (χ2v) is 9.20. The Morgan fingerprint density at radius 3 is 2.24 bits per heavy atom. The molecule has 25 heavy (non-hydrogen) atoms. The summed E-state index contributed by atoms with van der Waals surface area (Å²) in [7, 11) is 3.46. The van der Waals surface area contributed by atoms with Gasteiger partial charge in [-0.05, 0) is 14.1 Å². The first-order valence-corrected chi connectivity index (χ1v) is 9.91. The van der Waals surface area contributed by atoms with Gasteiger partial charge in [0.2, 0.25) is 11.8 Å². The first-order valence-electron chi connectivity index (χ1n) is 8.52. The van der Waals surface area contributed by atoms with Crippen LogP contribution < -0.4 is 0 Å². The molecule has 0 spiro atoms. The van der Waals surface area contributed by atoms with Crippen molar-refractivity contribution in [3.63, 3.8) is 0 Å². The van der Waals surface area contributed by atoms with E-state index in [9.17, 15) is 18.0 Å². The van der Waals surface area contributed by atoms with Crippen LogP contribution in [-0.4, -0.2) is 118 Å². The average Bonchev–Trinajstić information content (AvgIpc) is 2.93. The Morgan fingerprint density at radius 2 is 1.72 bits per heavy atom. The van der Waals surface area contributed by atoms with Gasteiger partial charge in [0.1, 0.15) is 0 Å². The zero-order valence-electron chi connectivity index (χ0n) is 15.5. The molecule has 0 aromatic rings. The lowest BCUT2D eigenvalue weighted by molar-refractivity contribution is -0.137. The first-order chi connectivity index (χ1) is 11.6. The van der Waals surface area contributed by atoms with E-state index >= 15 is 0 Å².